The molecule has 2 aromatic rings. The van der Waals surface area contributed by atoms with E-state index < -0.39 is 5.97 Å². The zero-order chi connectivity index (χ0) is 18.5. The standard InChI is InChI=1S/C19H21N3O4/c23-17(24)7-6-13-4-3-5-15(10-13)21-18(25)14-11-16(20-12-14)19(26)22-8-1-2-9-22/h3-5,10-12,20H,1-2,6-9H2,(H,21,25)(H,23,24). The van der Waals surface area contributed by atoms with Crippen LogP contribution in [0.4, 0.5) is 5.69 Å². The van der Waals surface area contributed by atoms with Crippen molar-refractivity contribution >= 4 is 23.5 Å². The number of carbonyl (C=O) groups is 3. The van der Waals surface area contributed by atoms with E-state index in [2.05, 4.69) is 10.3 Å². The third-order valence-electron chi connectivity index (χ3n) is 4.38. The quantitative estimate of drug-likeness (QED) is 0.741. The lowest BCUT2D eigenvalue weighted by Gasteiger charge is -2.13. The maximum atomic E-state index is 12.4. The average molecular weight is 355 g/mol. The summed E-state index contributed by atoms with van der Waals surface area (Å²) >= 11 is 0. The molecule has 0 aliphatic carbocycles. The molecule has 1 aliphatic heterocycles. The van der Waals surface area contributed by atoms with Gasteiger partial charge in [-0.1, -0.05) is 12.1 Å². The molecule has 2 heterocycles. The van der Waals surface area contributed by atoms with Crippen molar-refractivity contribution in [3.05, 3.63) is 53.3 Å². The van der Waals surface area contributed by atoms with E-state index >= 15 is 0 Å². The number of aryl methyl sites for hydroxylation is 1. The number of nitrogens with zero attached hydrogens (tertiary/aromatic N) is 1. The molecule has 136 valence electrons. The second-order valence-electron chi connectivity index (χ2n) is 6.35. The summed E-state index contributed by atoms with van der Waals surface area (Å²) in [6.07, 6.45) is 3.98. The first-order chi connectivity index (χ1) is 12.5. The summed E-state index contributed by atoms with van der Waals surface area (Å²) in [7, 11) is 0. The number of aromatic nitrogens is 1. The van der Waals surface area contributed by atoms with Gasteiger partial charge in [0.25, 0.3) is 11.8 Å². The Balaban J connectivity index is 1.64. The summed E-state index contributed by atoms with van der Waals surface area (Å²) in [5, 5.41) is 11.5. The molecule has 1 saturated heterocycles. The van der Waals surface area contributed by atoms with Crippen LogP contribution < -0.4 is 5.32 Å². The number of hydrogen-bond acceptors (Lipinski definition) is 3. The van der Waals surface area contributed by atoms with E-state index in [1.165, 1.54) is 6.20 Å². The normalized spacial score (nSPS) is 13.6. The van der Waals surface area contributed by atoms with E-state index in [9.17, 15) is 14.4 Å². The van der Waals surface area contributed by atoms with Crippen molar-refractivity contribution in [2.45, 2.75) is 25.7 Å². The Bertz CT molecular complexity index is 822. The lowest BCUT2D eigenvalue weighted by Crippen LogP contribution is -2.27. The smallest absolute Gasteiger partial charge is 0.303 e. The zero-order valence-electron chi connectivity index (χ0n) is 14.3. The van der Waals surface area contributed by atoms with Crippen molar-refractivity contribution in [1.29, 1.82) is 0 Å². The molecule has 1 aromatic carbocycles. The Morgan fingerprint density at radius 1 is 1.15 bits per heavy atom. The zero-order valence-corrected chi connectivity index (χ0v) is 14.3. The number of carboxylic acid groups (broad SMARTS) is 1. The molecule has 3 rings (SSSR count). The fraction of sp³-hybridized carbons (Fsp3) is 0.316. The molecule has 1 fully saturated rings. The van der Waals surface area contributed by atoms with Crippen LogP contribution in [0.3, 0.4) is 0 Å². The average Bonchev–Trinajstić information content (AvgIpc) is 3.31. The number of H-pyrrole nitrogens is 1. The molecule has 2 amide bonds. The third-order valence-corrected chi connectivity index (χ3v) is 4.38. The van der Waals surface area contributed by atoms with Gasteiger partial charge in [-0.2, -0.15) is 0 Å². The molecule has 0 unspecified atom stereocenters. The van der Waals surface area contributed by atoms with Gasteiger partial charge in [0.2, 0.25) is 0 Å². The molecule has 0 spiro atoms. The Hall–Kier alpha value is -3.09. The second kappa shape index (κ2) is 7.86. The summed E-state index contributed by atoms with van der Waals surface area (Å²) in [6.45, 7) is 1.50. The van der Waals surface area contributed by atoms with Crippen molar-refractivity contribution in [1.82, 2.24) is 9.88 Å². The van der Waals surface area contributed by atoms with E-state index in [-0.39, 0.29) is 18.2 Å². The number of likely N-dealkylation sites (tertiary alicyclic amines) is 1. The van der Waals surface area contributed by atoms with Gasteiger partial charge in [0, 0.05) is 31.4 Å². The number of aliphatic carboxylic acids is 1. The topological polar surface area (TPSA) is 102 Å². The lowest BCUT2D eigenvalue weighted by atomic mass is 10.1. The highest BCUT2D eigenvalue weighted by Gasteiger charge is 2.21. The molecule has 7 heteroatoms. The van der Waals surface area contributed by atoms with Crippen LogP contribution in [-0.2, 0) is 11.2 Å². The van der Waals surface area contributed by atoms with Crippen molar-refractivity contribution in [3.63, 3.8) is 0 Å². The van der Waals surface area contributed by atoms with Gasteiger partial charge in [0.15, 0.2) is 0 Å². The highest BCUT2D eigenvalue weighted by atomic mass is 16.4. The van der Waals surface area contributed by atoms with Crippen molar-refractivity contribution in [2.24, 2.45) is 0 Å². The Kier molecular flexibility index (Phi) is 5.36. The minimum Gasteiger partial charge on any atom is -0.481 e. The maximum absolute atomic E-state index is 12.4. The molecule has 0 bridgehead atoms. The summed E-state index contributed by atoms with van der Waals surface area (Å²) in [6, 6.07) is 8.65. The minimum absolute atomic E-state index is 0.0389. The van der Waals surface area contributed by atoms with Gasteiger partial charge in [-0.05, 0) is 43.0 Å². The van der Waals surface area contributed by atoms with Crippen LogP contribution in [0.2, 0.25) is 0 Å². The minimum atomic E-state index is -0.859. The Morgan fingerprint density at radius 3 is 2.65 bits per heavy atom. The van der Waals surface area contributed by atoms with Crippen LogP contribution in [0.5, 0.6) is 0 Å². The third kappa shape index (κ3) is 4.30. The van der Waals surface area contributed by atoms with Crippen LogP contribution in [0.15, 0.2) is 36.5 Å². The molecule has 1 aromatic heterocycles. The first kappa shape index (κ1) is 17.7. The van der Waals surface area contributed by atoms with E-state index in [1.807, 2.05) is 6.07 Å². The van der Waals surface area contributed by atoms with Crippen molar-refractivity contribution in [2.75, 3.05) is 18.4 Å². The van der Waals surface area contributed by atoms with Gasteiger partial charge in [-0.25, -0.2) is 0 Å². The van der Waals surface area contributed by atoms with E-state index in [1.54, 1.807) is 29.2 Å². The number of rotatable bonds is 6. The number of benzene rings is 1. The molecular weight excluding hydrogens is 334 g/mol. The Morgan fingerprint density at radius 2 is 1.92 bits per heavy atom. The number of hydrogen-bond donors (Lipinski definition) is 3. The number of nitrogens with one attached hydrogen (secondary N) is 2. The number of aromatic amines is 1. The van der Waals surface area contributed by atoms with Gasteiger partial charge in [0.05, 0.1) is 5.56 Å². The Labute approximate surface area is 151 Å². The molecule has 3 N–H and O–H groups in total. The summed E-state index contributed by atoms with van der Waals surface area (Å²) in [5.74, 6) is -1.27. The highest BCUT2D eigenvalue weighted by molar-refractivity contribution is 6.06. The van der Waals surface area contributed by atoms with Crippen molar-refractivity contribution in [3.8, 4) is 0 Å². The van der Waals surface area contributed by atoms with E-state index in [4.69, 9.17) is 5.11 Å². The first-order valence-corrected chi connectivity index (χ1v) is 8.63. The first-order valence-electron chi connectivity index (χ1n) is 8.63. The van der Waals surface area contributed by atoms with Gasteiger partial charge in [-0.15, -0.1) is 0 Å². The van der Waals surface area contributed by atoms with Crippen LogP contribution in [-0.4, -0.2) is 45.9 Å². The summed E-state index contributed by atoms with van der Waals surface area (Å²) in [4.78, 5) is 40.0. The monoisotopic (exact) mass is 355 g/mol. The molecule has 7 nitrogen and oxygen atoms in total. The molecule has 0 radical (unpaired) electrons. The van der Waals surface area contributed by atoms with Crippen LogP contribution >= 0.6 is 0 Å². The predicted molar refractivity (Wildman–Crippen MR) is 96.3 cm³/mol. The molecular formula is C19H21N3O4. The second-order valence-corrected chi connectivity index (χ2v) is 6.35. The number of carbonyl (C=O) groups excluding carboxylic acids is 2. The summed E-state index contributed by atoms with van der Waals surface area (Å²) in [5.41, 5.74) is 2.21. The lowest BCUT2D eigenvalue weighted by molar-refractivity contribution is -0.136. The van der Waals surface area contributed by atoms with E-state index in [0.29, 0.717) is 23.4 Å². The molecule has 0 atom stereocenters. The SMILES string of the molecule is O=C(O)CCc1cccc(NC(=O)c2c[nH]c(C(=O)N3CCCC3)c2)c1. The number of anilines is 1. The highest BCUT2D eigenvalue weighted by Crippen LogP contribution is 2.16. The molecule has 1 aliphatic rings. The van der Waals surface area contributed by atoms with E-state index in [0.717, 1.165) is 31.5 Å². The van der Waals surface area contributed by atoms with Gasteiger partial charge >= 0.3 is 5.97 Å². The van der Waals surface area contributed by atoms with Crippen LogP contribution in [0, 0.1) is 0 Å². The maximum Gasteiger partial charge on any atom is 0.303 e. The summed E-state index contributed by atoms with van der Waals surface area (Å²) < 4.78 is 0. The fourth-order valence-electron chi connectivity index (χ4n) is 3.00. The van der Waals surface area contributed by atoms with Crippen molar-refractivity contribution < 1.29 is 19.5 Å². The molecule has 26 heavy (non-hydrogen) atoms. The van der Waals surface area contributed by atoms with Crippen LogP contribution in [0.25, 0.3) is 0 Å². The molecule has 0 saturated carbocycles. The van der Waals surface area contributed by atoms with Gasteiger partial charge in [0.1, 0.15) is 5.69 Å². The fourth-order valence-corrected chi connectivity index (χ4v) is 3.00. The predicted octanol–water partition coefficient (Wildman–Crippen LogP) is 2.52. The van der Waals surface area contributed by atoms with Crippen LogP contribution in [0.1, 0.15) is 45.7 Å². The largest absolute Gasteiger partial charge is 0.481 e. The van der Waals surface area contributed by atoms with Gasteiger partial charge < -0.3 is 20.3 Å². The number of carboxylic acids is 1. The number of amides is 2. The van der Waals surface area contributed by atoms with Gasteiger partial charge in [-0.3, -0.25) is 14.4 Å².